The number of hydrogen-bond acceptors (Lipinski definition) is 4. The maximum atomic E-state index is 8.74. The summed E-state index contributed by atoms with van der Waals surface area (Å²) in [6, 6.07) is 17.4. The zero-order valence-corrected chi connectivity index (χ0v) is 18.6. The molecule has 1 aliphatic heterocycles. The van der Waals surface area contributed by atoms with Gasteiger partial charge in [-0.1, -0.05) is 44.4 Å². The summed E-state index contributed by atoms with van der Waals surface area (Å²) >= 11 is 1.94. The molecule has 3 rings (SSSR count). The van der Waals surface area contributed by atoms with Crippen LogP contribution >= 0.6 is 11.8 Å². The molecule has 0 radical (unpaired) electrons. The second-order valence-electron chi connectivity index (χ2n) is 8.00. The summed E-state index contributed by atoms with van der Waals surface area (Å²) in [5.74, 6) is 3.35. The van der Waals surface area contributed by atoms with Gasteiger partial charge in [0, 0.05) is 22.5 Å². The first-order valence-corrected chi connectivity index (χ1v) is 11.4. The Hall–Kier alpha value is -2.12. The summed E-state index contributed by atoms with van der Waals surface area (Å²) in [6.45, 7) is 2.41. The fraction of sp³-hybridized carbons (Fsp3) is 0.480. The van der Waals surface area contributed by atoms with E-state index in [2.05, 4.69) is 55.5 Å². The molecule has 3 nitrogen and oxygen atoms in total. The largest absolute Gasteiger partial charge is 0.497 e. The lowest BCUT2D eigenvalue weighted by Crippen LogP contribution is -2.36. The van der Waals surface area contributed by atoms with Gasteiger partial charge in [-0.25, -0.2) is 0 Å². The van der Waals surface area contributed by atoms with E-state index in [0.29, 0.717) is 12.3 Å². The Bertz CT molecular complexity index is 843. The van der Waals surface area contributed by atoms with Crippen LogP contribution in [0, 0.1) is 11.3 Å². The van der Waals surface area contributed by atoms with E-state index in [4.69, 9.17) is 14.7 Å². The molecule has 0 aromatic heterocycles. The van der Waals surface area contributed by atoms with Crippen molar-refractivity contribution in [3.05, 3.63) is 53.6 Å². The van der Waals surface area contributed by atoms with E-state index >= 15 is 0 Å². The fourth-order valence-electron chi connectivity index (χ4n) is 4.36. The third-order valence-corrected chi connectivity index (χ3v) is 7.58. The second kappa shape index (κ2) is 10.1. The summed E-state index contributed by atoms with van der Waals surface area (Å²) < 4.78 is 10.8. The third-order valence-electron chi connectivity index (χ3n) is 6.17. The molecule has 0 aliphatic carbocycles. The van der Waals surface area contributed by atoms with Crippen molar-refractivity contribution >= 4 is 11.8 Å². The number of rotatable bonds is 9. The zero-order chi connectivity index (χ0) is 20.7. The van der Waals surface area contributed by atoms with E-state index in [9.17, 15) is 0 Å². The summed E-state index contributed by atoms with van der Waals surface area (Å²) in [6.07, 6.45) is 6.37. The van der Waals surface area contributed by atoms with Gasteiger partial charge in [-0.2, -0.15) is 5.26 Å². The Balaban J connectivity index is 1.86. The minimum absolute atomic E-state index is 0.0746. The maximum absolute atomic E-state index is 8.74. The standard InChI is InChI=1S/C25H31NO2S/c1-25(19-10-12-20(27-2)13-11-19)18-29-24-17-21(28-3)14-15-22(24)23(25)9-7-5-4-6-8-16-26/h10-15,17,23H,4-9,18H2,1-3H3. The highest BCUT2D eigenvalue weighted by molar-refractivity contribution is 7.99. The van der Waals surface area contributed by atoms with Crippen LogP contribution in [0.3, 0.4) is 0 Å². The highest BCUT2D eigenvalue weighted by Gasteiger charge is 2.41. The van der Waals surface area contributed by atoms with Gasteiger partial charge in [-0.15, -0.1) is 11.8 Å². The van der Waals surface area contributed by atoms with Gasteiger partial charge in [-0.05, 0) is 54.2 Å². The molecule has 0 amide bonds. The average Bonchev–Trinajstić information content (AvgIpc) is 2.77. The monoisotopic (exact) mass is 409 g/mol. The normalized spacial score (nSPS) is 20.6. The molecular weight excluding hydrogens is 378 g/mol. The van der Waals surface area contributed by atoms with Crippen molar-refractivity contribution in [1.82, 2.24) is 0 Å². The van der Waals surface area contributed by atoms with Crippen LogP contribution in [0.15, 0.2) is 47.4 Å². The Labute approximate surface area is 179 Å². The molecule has 154 valence electrons. The lowest BCUT2D eigenvalue weighted by atomic mass is 9.68. The quantitative estimate of drug-likeness (QED) is 0.431. The highest BCUT2D eigenvalue weighted by atomic mass is 32.2. The molecule has 0 bridgehead atoms. The number of unbranched alkanes of at least 4 members (excludes halogenated alkanes) is 4. The molecular formula is C25H31NO2S. The average molecular weight is 410 g/mol. The Kier molecular flexibility index (Phi) is 7.50. The predicted octanol–water partition coefficient (Wildman–Crippen LogP) is 6.72. The molecule has 0 saturated heterocycles. The summed E-state index contributed by atoms with van der Waals surface area (Å²) in [7, 11) is 3.45. The molecule has 1 aliphatic rings. The van der Waals surface area contributed by atoms with Crippen LogP contribution in [0.1, 0.15) is 62.5 Å². The first-order valence-electron chi connectivity index (χ1n) is 10.4. The van der Waals surface area contributed by atoms with E-state index in [1.54, 1.807) is 14.2 Å². The van der Waals surface area contributed by atoms with E-state index in [0.717, 1.165) is 36.5 Å². The molecule has 2 aromatic rings. The third kappa shape index (κ3) is 4.90. The summed E-state index contributed by atoms with van der Waals surface area (Å²) in [5, 5.41) is 8.74. The number of nitrogens with zero attached hydrogens (tertiary/aromatic N) is 1. The van der Waals surface area contributed by atoms with Crippen LogP contribution in [-0.2, 0) is 5.41 Å². The first-order chi connectivity index (χ1) is 14.1. The molecule has 1 heterocycles. The van der Waals surface area contributed by atoms with Crippen molar-refractivity contribution in [3.8, 4) is 17.6 Å². The number of ether oxygens (including phenoxy) is 2. The summed E-state index contributed by atoms with van der Waals surface area (Å²) in [5.41, 5.74) is 2.89. The van der Waals surface area contributed by atoms with E-state index in [1.165, 1.54) is 28.9 Å². The van der Waals surface area contributed by atoms with Gasteiger partial charge < -0.3 is 9.47 Å². The topological polar surface area (TPSA) is 42.2 Å². The molecule has 2 atom stereocenters. The predicted molar refractivity (Wildman–Crippen MR) is 120 cm³/mol. The van der Waals surface area contributed by atoms with Crippen LogP contribution in [0.4, 0.5) is 0 Å². The molecule has 29 heavy (non-hydrogen) atoms. The van der Waals surface area contributed by atoms with Gasteiger partial charge in [0.2, 0.25) is 0 Å². The van der Waals surface area contributed by atoms with E-state index in [-0.39, 0.29) is 5.41 Å². The molecule has 2 aromatic carbocycles. The first kappa shape index (κ1) is 21.6. The van der Waals surface area contributed by atoms with Gasteiger partial charge in [-0.3, -0.25) is 0 Å². The van der Waals surface area contributed by atoms with Crippen molar-refractivity contribution in [2.45, 2.75) is 61.7 Å². The number of methoxy groups -OCH3 is 2. The number of benzene rings is 2. The molecule has 2 unspecified atom stereocenters. The van der Waals surface area contributed by atoms with Crippen LogP contribution in [0.2, 0.25) is 0 Å². The van der Waals surface area contributed by atoms with Crippen molar-refractivity contribution in [3.63, 3.8) is 0 Å². The number of nitriles is 1. The molecule has 0 saturated carbocycles. The van der Waals surface area contributed by atoms with Crippen molar-refractivity contribution in [2.24, 2.45) is 0 Å². The minimum Gasteiger partial charge on any atom is -0.497 e. The van der Waals surface area contributed by atoms with Gasteiger partial charge in [0.1, 0.15) is 11.5 Å². The lowest BCUT2D eigenvalue weighted by molar-refractivity contribution is 0.369. The number of thioether (sulfide) groups is 1. The van der Waals surface area contributed by atoms with Crippen LogP contribution in [-0.4, -0.2) is 20.0 Å². The van der Waals surface area contributed by atoms with Gasteiger partial charge >= 0.3 is 0 Å². The highest BCUT2D eigenvalue weighted by Crippen LogP contribution is 2.52. The maximum Gasteiger partial charge on any atom is 0.119 e. The molecule has 0 spiro atoms. The van der Waals surface area contributed by atoms with Gasteiger partial charge in [0.25, 0.3) is 0 Å². The Morgan fingerprint density at radius 2 is 1.69 bits per heavy atom. The fourth-order valence-corrected chi connectivity index (χ4v) is 5.76. The van der Waals surface area contributed by atoms with Gasteiger partial charge in [0.05, 0.1) is 20.3 Å². The summed E-state index contributed by atoms with van der Waals surface area (Å²) in [4.78, 5) is 1.35. The molecule has 0 fully saturated rings. The molecule has 4 heteroatoms. The van der Waals surface area contributed by atoms with Crippen molar-refractivity contribution in [2.75, 3.05) is 20.0 Å². The lowest BCUT2D eigenvalue weighted by Gasteiger charge is -2.43. The van der Waals surface area contributed by atoms with E-state index in [1.807, 2.05) is 11.8 Å². The Morgan fingerprint density at radius 3 is 2.38 bits per heavy atom. The van der Waals surface area contributed by atoms with Crippen LogP contribution < -0.4 is 9.47 Å². The number of fused-ring (bicyclic) bond motifs is 1. The van der Waals surface area contributed by atoms with Crippen LogP contribution in [0.5, 0.6) is 11.5 Å². The van der Waals surface area contributed by atoms with Gasteiger partial charge in [0.15, 0.2) is 0 Å². The second-order valence-corrected chi connectivity index (χ2v) is 9.02. The smallest absolute Gasteiger partial charge is 0.119 e. The zero-order valence-electron chi connectivity index (χ0n) is 17.7. The number of hydrogen-bond donors (Lipinski definition) is 0. The van der Waals surface area contributed by atoms with Crippen molar-refractivity contribution in [1.29, 1.82) is 5.26 Å². The van der Waals surface area contributed by atoms with Crippen molar-refractivity contribution < 1.29 is 9.47 Å². The SMILES string of the molecule is COc1ccc(C2(C)CSc3cc(OC)ccc3C2CCCCCCC#N)cc1. The minimum atomic E-state index is 0.0746. The Morgan fingerprint density at radius 1 is 1.00 bits per heavy atom. The van der Waals surface area contributed by atoms with Crippen LogP contribution in [0.25, 0.3) is 0 Å². The molecule has 0 N–H and O–H groups in total. The van der Waals surface area contributed by atoms with E-state index < -0.39 is 0 Å².